The van der Waals surface area contributed by atoms with E-state index in [1.807, 2.05) is 18.2 Å². The first-order valence-electron chi connectivity index (χ1n) is 5.59. The molecule has 0 aromatic heterocycles. The number of aromatic hydroxyl groups is 1. The van der Waals surface area contributed by atoms with Crippen LogP contribution in [-0.4, -0.2) is 11.0 Å². The van der Waals surface area contributed by atoms with Crippen LogP contribution in [0, 0.1) is 0 Å². The van der Waals surface area contributed by atoms with E-state index in [4.69, 9.17) is 0 Å². The van der Waals surface area contributed by atoms with E-state index >= 15 is 0 Å². The minimum Gasteiger partial charge on any atom is -0.508 e. The molecule has 1 N–H and O–H groups in total. The van der Waals surface area contributed by atoms with E-state index in [2.05, 4.69) is 10.2 Å². The molecule has 1 aliphatic heterocycles. The standard InChI is InChI=1S/C14H10N2O2/c17-10-7-5-9(6-8-10)13-11-3-1-2-4-12(11)14(18)16-15-13/h1-8,13,17H. The molecule has 88 valence electrons. The lowest BCUT2D eigenvalue weighted by Gasteiger charge is -2.18. The summed E-state index contributed by atoms with van der Waals surface area (Å²) in [4.78, 5) is 11.6. The van der Waals surface area contributed by atoms with Gasteiger partial charge < -0.3 is 5.11 Å². The predicted molar refractivity (Wildman–Crippen MR) is 65.6 cm³/mol. The van der Waals surface area contributed by atoms with E-state index in [1.165, 1.54) is 0 Å². The van der Waals surface area contributed by atoms with Crippen molar-refractivity contribution in [3.8, 4) is 5.75 Å². The maximum Gasteiger partial charge on any atom is 0.295 e. The maximum absolute atomic E-state index is 11.6. The number of nitrogens with zero attached hydrogens (tertiary/aromatic N) is 2. The smallest absolute Gasteiger partial charge is 0.295 e. The van der Waals surface area contributed by atoms with E-state index in [-0.39, 0.29) is 17.7 Å². The van der Waals surface area contributed by atoms with Gasteiger partial charge in [0.25, 0.3) is 5.91 Å². The highest BCUT2D eigenvalue weighted by Gasteiger charge is 2.24. The lowest BCUT2D eigenvalue weighted by Crippen LogP contribution is -2.10. The predicted octanol–water partition coefficient (Wildman–Crippen LogP) is 3.09. The fraction of sp³-hybridized carbons (Fsp3) is 0.0714. The Morgan fingerprint density at radius 3 is 2.50 bits per heavy atom. The summed E-state index contributed by atoms with van der Waals surface area (Å²) in [5.74, 6) is -0.100. The summed E-state index contributed by atoms with van der Waals surface area (Å²) in [5.41, 5.74) is 2.34. The van der Waals surface area contributed by atoms with Crippen molar-refractivity contribution < 1.29 is 9.90 Å². The average Bonchev–Trinajstić information content (AvgIpc) is 2.41. The zero-order chi connectivity index (χ0) is 12.5. The Kier molecular flexibility index (Phi) is 2.41. The van der Waals surface area contributed by atoms with Gasteiger partial charge in [-0.05, 0) is 29.3 Å². The molecule has 1 amide bonds. The van der Waals surface area contributed by atoms with Crippen LogP contribution in [0.1, 0.15) is 27.5 Å². The van der Waals surface area contributed by atoms with Crippen LogP contribution in [0.5, 0.6) is 5.75 Å². The molecular weight excluding hydrogens is 228 g/mol. The maximum atomic E-state index is 11.6. The summed E-state index contributed by atoms with van der Waals surface area (Å²) < 4.78 is 0. The molecule has 2 aromatic rings. The molecular formula is C14H10N2O2. The van der Waals surface area contributed by atoms with Gasteiger partial charge in [0.05, 0.1) is 0 Å². The Morgan fingerprint density at radius 1 is 1.00 bits per heavy atom. The Morgan fingerprint density at radius 2 is 1.72 bits per heavy atom. The van der Waals surface area contributed by atoms with Gasteiger partial charge in [-0.3, -0.25) is 4.79 Å². The van der Waals surface area contributed by atoms with E-state index in [0.29, 0.717) is 5.56 Å². The summed E-state index contributed by atoms with van der Waals surface area (Å²) in [5, 5.41) is 17.0. The Hall–Kier alpha value is -2.49. The highest BCUT2D eigenvalue weighted by molar-refractivity contribution is 5.97. The van der Waals surface area contributed by atoms with Gasteiger partial charge in [0, 0.05) is 5.56 Å². The zero-order valence-electron chi connectivity index (χ0n) is 9.45. The van der Waals surface area contributed by atoms with E-state index in [0.717, 1.165) is 11.1 Å². The number of hydrogen-bond acceptors (Lipinski definition) is 3. The van der Waals surface area contributed by atoms with Gasteiger partial charge in [-0.15, -0.1) is 5.11 Å². The van der Waals surface area contributed by atoms with Crippen molar-refractivity contribution in [2.24, 2.45) is 10.2 Å². The Bertz CT molecular complexity index is 632. The van der Waals surface area contributed by atoms with Crippen LogP contribution in [0.3, 0.4) is 0 Å². The second-order valence-corrected chi connectivity index (χ2v) is 4.10. The number of phenolic OH excluding ortho intramolecular Hbond substituents is 1. The van der Waals surface area contributed by atoms with E-state index < -0.39 is 0 Å². The molecule has 0 saturated heterocycles. The van der Waals surface area contributed by atoms with Crippen LogP contribution in [-0.2, 0) is 0 Å². The second kappa shape index (κ2) is 4.07. The van der Waals surface area contributed by atoms with Gasteiger partial charge in [-0.2, -0.15) is 5.11 Å². The second-order valence-electron chi connectivity index (χ2n) is 4.10. The van der Waals surface area contributed by atoms with Gasteiger partial charge in [0.1, 0.15) is 11.8 Å². The van der Waals surface area contributed by atoms with Crippen molar-refractivity contribution in [1.82, 2.24) is 0 Å². The SMILES string of the molecule is O=C1N=NC(c2ccc(O)cc2)c2ccccc21. The summed E-state index contributed by atoms with van der Waals surface area (Å²) >= 11 is 0. The molecule has 3 rings (SSSR count). The van der Waals surface area contributed by atoms with Crippen LogP contribution < -0.4 is 0 Å². The fourth-order valence-corrected chi connectivity index (χ4v) is 2.06. The fourth-order valence-electron chi connectivity index (χ4n) is 2.06. The highest BCUT2D eigenvalue weighted by Crippen LogP contribution is 2.33. The first-order chi connectivity index (χ1) is 8.75. The van der Waals surface area contributed by atoms with Gasteiger partial charge in [-0.25, -0.2) is 0 Å². The van der Waals surface area contributed by atoms with Crippen molar-refractivity contribution in [3.05, 3.63) is 65.2 Å². The molecule has 0 aliphatic carbocycles. The number of phenols is 1. The highest BCUT2D eigenvalue weighted by atomic mass is 16.3. The molecule has 1 aliphatic rings. The van der Waals surface area contributed by atoms with Gasteiger partial charge >= 0.3 is 0 Å². The first-order valence-corrected chi connectivity index (χ1v) is 5.59. The van der Waals surface area contributed by atoms with Crippen molar-refractivity contribution in [3.63, 3.8) is 0 Å². The number of carbonyl (C=O) groups is 1. The number of rotatable bonds is 1. The normalized spacial score (nSPS) is 17.6. The summed E-state index contributed by atoms with van der Waals surface area (Å²) in [6, 6.07) is 13.8. The van der Waals surface area contributed by atoms with E-state index in [1.54, 1.807) is 30.3 Å². The topological polar surface area (TPSA) is 62.0 Å². The van der Waals surface area contributed by atoms with Gasteiger partial charge in [0.15, 0.2) is 0 Å². The van der Waals surface area contributed by atoms with Crippen LogP contribution >= 0.6 is 0 Å². The Balaban J connectivity index is 2.11. The molecule has 4 nitrogen and oxygen atoms in total. The van der Waals surface area contributed by atoms with Crippen molar-refractivity contribution in [2.45, 2.75) is 6.04 Å². The largest absolute Gasteiger partial charge is 0.508 e. The molecule has 0 spiro atoms. The van der Waals surface area contributed by atoms with Crippen molar-refractivity contribution >= 4 is 5.91 Å². The van der Waals surface area contributed by atoms with E-state index in [9.17, 15) is 9.90 Å². The van der Waals surface area contributed by atoms with Crippen LogP contribution in [0.2, 0.25) is 0 Å². The number of carbonyl (C=O) groups excluding carboxylic acids is 1. The van der Waals surface area contributed by atoms with Gasteiger partial charge in [-0.1, -0.05) is 30.3 Å². The Labute approximate surface area is 104 Å². The van der Waals surface area contributed by atoms with Crippen LogP contribution in [0.25, 0.3) is 0 Å². The minimum absolute atomic E-state index is 0.204. The molecule has 18 heavy (non-hydrogen) atoms. The first kappa shape index (κ1) is 10.7. The third kappa shape index (κ3) is 1.68. The van der Waals surface area contributed by atoms with Gasteiger partial charge in [0.2, 0.25) is 0 Å². The minimum atomic E-state index is -0.305. The summed E-state index contributed by atoms with van der Waals surface area (Å²) in [6.07, 6.45) is 0. The van der Waals surface area contributed by atoms with Crippen molar-refractivity contribution in [1.29, 1.82) is 0 Å². The summed E-state index contributed by atoms with van der Waals surface area (Å²) in [7, 11) is 0. The molecule has 0 bridgehead atoms. The quantitative estimate of drug-likeness (QED) is 0.829. The van der Waals surface area contributed by atoms with Crippen LogP contribution in [0.4, 0.5) is 0 Å². The summed E-state index contributed by atoms with van der Waals surface area (Å²) in [6.45, 7) is 0. The molecule has 1 unspecified atom stereocenters. The number of benzene rings is 2. The third-order valence-corrected chi connectivity index (χ3v) is 2.96. The zero-order valence-corrected chi connectivity index (χ0v) is 9.45. The molecule has 1 heterocycles. The molecule has 0 saturated carbocycles. The lowest BCUT2D eigenvalue weighted by molar-refractivity contribution is 0.0986. The molecule has 0 fully saturated rings. The molecule has 0 radical (unpaired) electrons. The molecule has 1 atom stereocenters. The number of azo groups is 1. The van der Waals surface area contributed by atoms with Crippen molar-refractivity contribution in [2.75, 3.05) is 0 Å². The number of fused-ring (bicyclic) bond motifs is 1. The molecule has 4 heteroatoms. The monoisotopic (exact) mass is 238 g/mol. The number of hydrogen-bond donors (Lipinski definition) is 1. The number of amides is 1. The van der Waals surface area contributed by atoms with Crippen LogP contribution in [0.15, 0.2) is 58.8 Å². The molecule has 2 aromatic carbocycles. The average molecular weight is 238 g/mol. The third-order valence-electron chi connectivity index (χ3n) is 2.96. The lowest BCUT2D eigenvalue weighted by atomic mass is 9.94.